The van der Waals surface area contributed by atoms with E-state index in [1.807, 2.05) is 0 Å². The first-order valence-electron chi connectivity index (χ1n) is 8.57. The van der Waals surface area contributed by atoms with E-state index in [0.717, 1.165) is 26.1 Å². The first kappa shape index (κ1) is 19.1. The highest BCUT2D eigenvalue weighted by Gasteiger charge is 2.38. The van der Waals surface area contributed by atoms with Gasteiger partial charge in [-0.3, -0.25) is 4.79 Å². The molecule has 0 amide bonds. The second-order valence-electron chi connectivity index (χ2n) is 8.24. The van der Waals surface area contributed by atoms with Crippen LogP contribution in [0, 0.1) is 11.9 Å². The number of hydrogen-bond acceptors (Lipinski definition) is 4. The van der Waals surface area contributed by atoms with E-state index in [1.165, 1.54) is 13.0 Å². The maximum atomic E-state index is 13.9. The maximum absolute atomic E-state index is 13.9. The van der Waals surface area contributed by atoms with Crippen LogP contribution in [-0.4, -0.2) is 38.8 Å². The normalized spacial score (nSPS) is 19.0. The molecule has 0 spiro atoms. The summed E-state index contributed by atoms with van der Waals surface area (Å²) in [5.41, 5.74) is 0.0516. The number of carbonyl (C=O) groups is 1. The number of Topliss-reactive ketones (excluding diaryl/α,β-unsaturated/α-hetero) is 1. The molecule has 1 aromatic heterocycles. The van der Waals surface area contributed by atoms with Crippen molar-refractivity contribution in [3.63, 3.8) is 0 Å². The molecule has 4 nitrogen and oxygen atoms in total. The lowest BCUT2D eigenvalue weighted by atomic mass is 10.1. The molecule has 1 fully saturated rings. The van der Waals surface area contributed by atoms with Crippen LogP contribution < -0.4 is 4.90 Å². The number of carbonyl (C=O) groups excluding carboxylic acids is 1. The molecule has 2 heterocycles. The summed E-state index contributed by atoms with van der Waals surface area (Å²) in [6, 6.07) is 3.26. The Balaban J connectivity index is 1.96. The number of nitrogens with zero attached hydrogens (tertiary/aromatic N) is 2. The van der Waals surface area contributed by atoms with Crippen molar-refractivity contribution in [1.82, 2.24) is 4.98 Å². The van der Waals surface area contributed by atoms with E-state index in [2.05, 4.69) is 43.7 Å². The van der Waals surface area contributed by atoms with Gasteiger partial charge in [0.15, 0.2) is 14.1 Å². The van der Waals surface area contributed by atoms with E-state index in [1.54, 1.807) is 6.07 Å². The van der Waals surface area contributed by atoms with Gasteiger partial charge in [-0.15, -0.1) is 0 Å². The van der Waals surface area contributed by atoms with Crippen LogP contribution in [0.15, 0.2) is 12.1 Å². The highest BCUT2D eigenvalue weighted by molar-refractivity contribution is 6.74. The molecule has 0 bridgehead atoms. The quantitative estimate of drug-likeness (QED) is 0.451. The van der Waals surface area contributed by atoms with E-state index in [4.69, 9.17) is 4.43 Å². The second kappa shape index (κ2) is 6.92. The van der Waals surface area contributed by atoms with Gasteiger partial charge in [0, 0.05) is 25.6 Å². The molecule has 0 N–H and O–H groups in total. The first-order valence-corrected chi connectivity index (χ1v) is 11.5. The molecule has 134 valence electrons. The van der Waals surface area contributed by atoms with Gasteiger partial charge in [0.05, 0.1) is 5.56 Å². The van der Waals surface area contributed by atoms with Gasteiger partial charge in [0.1, 0.15) is 5.82 Å². The van der Waals surface area contributed by atoms with Crippen molar-refractivity contribution < 1.29 is 13.6 Å². The minimum Gasteiger partial charge on any atom is -0.416 e. The molecule has 0 aromatic carbocycles. The van der Waals surface area contributed by atoms with Crippen molar-refractivity contribution in [1.29, 1.82) is 0 Å². The summed E-state index contributed by atoms with van der Waals surface area (Å²) in [5.74, 6) is 0.0680. The molecule has 2 rings (SSSR count). The third kappa shape index (κ3) is 4.22. The Hall–Kier alpha value is -1.27. The van der Waals surface area contributed by atoms with Gasteiger partial charge >= 0.3 is 0 Å². The summed E-state index contributed by atoms with van der Waals surface area (Å²) in [6.07, 6.45) is 1.02. The van der Waals surface area contributed by atoms with Gasteiger partial charge in [-0.25, -0.2) is 4.98 Å². The lowest BCUT2D eigenvalue weighted by molar-refractivity contribution is 0.101. The van der Waals surface area contributed by atoms with Gasteiger partial charge in [0.25, 0.3) is 0 Å². The molecule has 0 saturated carbocycles. The zero-order valence-corrected chi connectivity index (χ0v) is 16.6. The van der Waals surface area contributed by atoms with E-state index in [9.17, 15) is 9.18 Å². The smallest absolute Gasteiger partial charge is 0.225 e. The molecule has 1 aliphatic heterocycles. The van der Waals surface area contributed by atoms with Crippen molar-refractivity contribution in [3.8, 4) is 0 Å². The van der Waals surface area contributed by atoms with E-state index < -0.39 is 14.3 Å². The molecule has 1 aromatic rings. The number of ketones is 1. The lowest BCUT2D eigenvalue weighted by Crippen LogP contribution is -2.42. The predicted molar refractivity (Wildman–Crippen MR) is 97.7 cm³/mol. The van der Waals surface area contributed by atoms with Crippen LogP contribution in [0.3, 0.4) is 0 Å². The average Bonchev–Trinajstić information content (AvgIpc) is 2.92. The summed E-state index contributed by atoms with van der Waals surface area (Å²) < 4.78 is 20.2. The van der Waals surface area contributed by atoms with Crippen LogP contribution in [-0.2, 0) is 4.43 Å². The Labute approximate surface area is 145 Å². The summed E-state index contributed by atoms with van der Waals surface area (Å²) >= 11 is 0. The van der Waals surface area contributed by atoms with Gasteiger partial charge in [-0.1, -0.05) is 20.8 Å². The molecule has 1 saturated heterocycles. The number of anilines is 1. The zero-order valence-electron chi connectivity index (χ0n) is 15.6. The number of halogens is 1. The number of rotatable bonds is 5. The first-order chi connectivity index (χ1) is 11.0. The van der Waals surface area contributed by atoms with Crippen molar-refractivity contribution in [2.45, 2.75) is 52.2 Å². The molecule has 1 atom stereocenters. The fourth-order valence-electron chi connectivity index (χ4n) is 2.58. The molecule has 1 unspecified atom stereocenters. The maximum Gasteiger partial charge on any atom is 0.225 e. The molecular formula is C18H29FN2O2Si. The van der Waals surface area contributed by atoms with Crippen molar-refractivity contribution in [2.75, 3.05) is 24.6 Å². The fourth-order valence-corrected chi connectivity index (χ4v) is 3.67. The van der Waals surface area contributed by atoms with Crippen LogP contribution in [0.5, 0.6) is 0 Å². The second-order valence-corrected chi connectivity index (χ2v) is 13.0. The van der Waals surface area contributed by atoms with Crippen molar-refractivity contribution in [2.24, 2.45) is 5.92 Å². The van der Waals surface area contributed by atoms with Gasteiger partial charge in [-0.05, 0) is 43.6 Å². The average molecular weight is 353 g/mol. The van der Waals surface area contributed by atoms with Crippen molar-refractivity contribution >= 4 is 19.9 Å². The third-order valence-electron chi connectivity index (χ3n) is 5.31. The summed E-state index contributed by atoms with van der Waals surface area (Å²) in [4.78, 5) is 17.3. The van der Waals surface area contributed by atoms with Crippen LogP contribution in [0.25, 0.3) is 0 Å². The summed E-state index contributed by atoms with van der Waals surface area (Å²) in [5, 5.41) is 0.207. The molecule has 1 aliphatic rings. The molecule has 0 radical (unpaired) electrons. The minimum absolute atomic E-state index is 0.0516. The standard InChI is InChI=1S/C18H29FN2O2Si/c1-13(22)15-7-8-16(20-17(15)19)21-10-9-14(11-21)12-23-24(5,6)18(2,3)4/h7-8,14H,9-12H2,1-6H3. The monoisotopic (exact) mass is 352 g/mol. The van der Waals surface area contributed by atoms with Crippen LogP contribution >= 0.6 is 0 Å². The Bertz CT molecular complexity index is 614. The predicted octanol–water partition coefficient (Wildman–Crippen LogP) is 4.27. The molecular weight excluding hydrogens is 323 g/mol. The van der Waals surface area contributed by atoms with Gasteiger partial charge < -0.3 is 9.33 Å². The van der Waals surface area contributed by atoms with Gasteiger partial charge in [-0.2, -0.15) is 4.39 Å². The highest BCUT2D eigenvalue weighted by Crippen LogP contribution is 2.37. The fraction of sp³-hybridized carbons (Fsp3) is 0.667. The minimum atomic E-state index is -1.73. The van der Waals surface area contributed by atoms with E-state index >= 15 is 0 Å². The van der Waals surface area contributed by atoms with Crippen LogP contribution in [0.1, 0.15) is 44.5 Å². The SMILES string of the molecule is CC(=O)c1ccc(N2CCC(CO[Si](C)(C)C(C)(C)C)C2)nc1F. The molecule has 6 heteroatoms. The van der Waals surface area contributed by atoms with E-state index in [0.29, 0.717) is 11.7 Å². The van der Waals surface area contributed by atoms with Crippen LogP contribution in [0.2, 0.25) is 18.1 Å². The summed E-state index contributed by atoms with van der Waals surface area (Å²) in [6.45, 7) is 15.0. The highest BCUT2D eigenvalue weighted by atomic mass is 28.4. The Morgan fingerprint density at radius 2 is 2.08 bits per heavy atom. The molecule has 24 heavy (non-hydrogen) atoms. The third-order valence-corrected chi connectivity index (χ3v) is 9.81. The Morgan fingerprint density at radius 3 is 2.62 bits per heavy atom. The zero-order chi connectivity index (χ0) is 18.1. The number of pyridine rings is 1. The Kier molecular flexibility index (Phi) is 5.49. The van der Waals surface area contributed by atoms with Crippen LogP contribution in [0.4, 0.5) is 10.2 Å². The summed E-state index contributed by atoms with van der Waals surface area (Å²) in [7, 11) is -1.73. The topological polar surface area (TPSA) is 42.4 Å². The van der Waals surface area contributed by atoms with Crippen molar-refractivity contribution in [3.05, 3.63) is 23.6 Å². The lowest BCUT2D eigenvalue weighted by Gasteiger charge is -2.37. The Morgan fingerprint density at radius 1 is 1.42 bits per heavy atom. The largest absolute Gasteiger partial charge is 0.416 e. The molecule has 0 aliphatic carbocycles. The number of hydrogen-bond donors (Lipinski definition) is 0. The van der Waals surface area contributed by atoms with E-state index in [-0.39, 0.29) is 16.4 Å². The van der Waals surface area contributed by atoms with Gasteiger partial charge in [0.2, 0.25) is 5.95 Å². The number of aromatic nitrogens is 1.